The predicted molar refractivity (Wildman–Crippen MR) is 21.5 cm³/mol. The fourth-order valence-corrected chi connectivity index (χ4v) is 0.475. The van der Waals surface area contributed by atoms with Crippen molar-refractivity contribution in [3.05, 3.63) is 0 Å². The summed E-state index contributed by atoms with van der Waals surface area (Å²) >= 11 is 0. The summed E-state index contributed by atoms with van der Waals surface area (Å²) in [4.78, 5) is 0. The third-order valence-corrected chi connectivity index (χ3v) is 0.968. The number of aliphatic hydroxyl groups excluding tert-OH is 1. The molecule has 1 aliphatic heterocycles. The van der Waals surface area contributed by atoms with Gasteiger partial charge in [-0.3, -0.25) is 0 Å². The molecule has 8 heavy (non-hydrogen) atoms. The molecule has 0 aromatic heterocycles. The van der Waals surface area contributed by atoms with Crippen molar-refractivity contribution >= 4 is 0 Å². The minimum Gasteiger partial charge on any atom is -0.366 e. The number of aliphatic hydroxyl groups is 1. The number of rotatable bonds is 1. The zero-order chi connectivity index (χ0) is 6.36. The van der Waals surface area contributed by atoms with E-state index in [4.69, 9.17) is 5.11 Å². The maximum absolute atomic E-state index is 11.9. The first-order chi connectivity index (χ1) is 3.52. The molecule has 1 fully saturated rings. The second-order valence-electron chi connectivity index (χ2n) is 1.90. The Labute approximate surface area is 45.1 Å². The lowest BCUT2D eigenvalue weighted by molar-refractivity contribution is -0.00759. The lowest BCUT2D eigenvalue weighted by Crippen LogP contribution is -2.20. The summed E-state index contributed by atoms with van der Waals surface area (Å²) in [6.45, 7) is 0.716. The van der Waals surface area contributed by atoms with Crippen LogP contribution in [0.4, 0.5) is 8.78 Å². The molecule has 0 amide bonds. The third-order valence-electron chi connectivity index (χ3n) is 0.968. The van der Waals surface area contributed by atoms with Crippen molar-refractivity contribution in [2.45, 2.75) is 25.2 Å². The van der Waals surface area contributed by atoms with E-state index in [1.165, 1.54) is 0 Å². The summed E-state index contributed by atoms with van der Waals surface area (Å²) in [6, 6.07) is 0. The van der Waals surface area contributed by atoms with E-state index >= 15 is 0 Å². The monoisotopic (exact) mass is 124 g/mol. The Morgan fingerprint density at radius 2 is 2.00 bits per heavy atom. The van der Waals surface area contributed by atoms with Crippen LogP contribution in [-0.2, 0) is 4.74 Å². The summed E-state index contributed by atoms with van der Waals surface area (Å²) < 4.78 is 27.8. The maximum Gasteiger partial charge on any atom is 0.276 e. The van der Waals surface area contributed by atoms with Gasteiger partial charge in [-0.05, 0) is 0 Å². The summed E-state index contributed by atoms with van der Waals surface area (Å²) in [6.07, 6.45) is -2.50. The number of hydrogen-bond donors (Lipinski definition) is 1. The fraction of sp³-hybridized carbons (Fsp3) is 1.00. The molecule has 0 bridgehead atoms. The third kappa shape index (κ3) is 0.952. The molecule has 0 radical (unpaired) electrons. The van der Waals surface area contributed by atoms with Crippen molar-refractivity contribution in [3.8, 4) is 0 Å². The van der Waals surface area contributed by atoms with Gasteiger partial charge in [0.05, 0.1) is 0 Å². The molecule has 1 heterocycles. The minimum absolute atomic E-state index is 0.716. The van der Waals surface area contributed by atoms with E-state index in [1.54, 1.807) is 0 Å². The van der Waals surface area contributed by atoms with Crippen LogP contribution in [0.15, 0.2) is 0 Å². The highest BCUT2D eigenvalue weighted by atomic mass is 19.3. The molecular formula is C4H6F2O2. The summed E-state index contributed by atoms with van der Waals surface area (Å²) in [5.74, 6) is -2.89. The summed E-state index contributed by atoms with van der Waals surface area (Å²) in [5, 5.41) is 8.26. The molecule has 4 heteroatoms. The van der Waals surface area contributed by atoms with Crippen molar-refractivity contribution in [1.82, 2.24) is 0 Å². The van der Waals surface area contributed by atoms with Gasteiger partial charge in [-0.2, -0.15) is 0 Å². The van der Waals surface area contributed by atoms with Gasteiger partial charge in [0.2, 0.25) is 0 Å². The van der Waals surface area contributed by atoms with Crippen molar-refractivity contribution in [1.29, 1.82) is 0 Å². The number of hydrogen-bond acceptors (Lipinski definition) is 2. The molecule has 0 saturated carbocycles. The van der Waals surface area contributed by atoms with E-state index < -0.39 is 18.3 Å². The Balaban J connectivity index is 2.39. The zero-order valence-corrected chi connectivity index (χ0v) is 4.27. The Kier molecular flexibility index (Phi) is 1.02. The second kappa shape index (κ2) is 1.39. The fourth-order valence-electron chi connectivity index (χ4n) is 0.475. The van der Waals surface area contributed by atoms with Crippen LogP contribution >= 0.6 is 0 Å². The first-order valence-corrected chi connectivity index (χ1v) is 2.23. The largest absolute Gasteiger partial charge is 0.366 e. The van der Waals surface area contributed by atoms with E-state index in [-0.39, 0.29) is 0 Å². The van der Waals surface area contributed by atoms with Gasteiger partial charge in [-0.15, -0.1) is 0 Å². The smallest absolute Gasteiger partial charge is 0.276 e. The molecule has 2 atom stereocenters. The van der Waals surface area contributed by atoms with Gasteiger partial charge >= 0.3 is 0 Å². The van der Waals surface area contributed by atoms with Gasteiger partial charge in [-0.1, -0.05) is 0 Å². The Hall–Kier alpha value is -0.220. The Bertz CT molecular complexity index is 98.7. The molecule has 1 aliphatic rings. The summed E-state index contributed by atoms with van der Waals surface area (Å²) in [7, 11) is 0. The van der Waals surface area contributed by atoms with Crippen LogP contribution in [0, 0.1) is 0 Å². The Morgan fingerprint density at radius 3 is 2.00 bits per heavy atom. The van der Waals surface area contributed by atoms with Crippen LogP contribution in [0.25, 0.3) is 0 Å². The minimum atomic E-state index is -2.89. The molecule has 1 saturated heterocycles. The van der Waals surface area contributed by atoms with Gasteiger partial charge in [0.1, 0.15) is 0 Å². The molecule has 0 aromatic rings. The maximum atomic E-state index is 11.9. The molecular weight excluding hydrogens is 118 g/mol. The van der Waals surface area contributed by atoms with E-state index in [1.807, 2.05) is 0 Å². The highest BCUT2D eigenvalue weighted by molar-refractivity contribution is 4.86. The Morgan fingerprint density at radius 1 is 1.62 bits per heavy atom. The van der Waals surface area contributed by atoms with E-state index in [2.05, 4.69) is 4.74 Å². The predicted octanol–water partition coefficient (Wildman–Crippen LogP) is 0.359. The van der Waals surface area contributed by atoms with Crippen LogP contribution in [-0.4, -0.2) is 23.4 Å². The normalized spacial score (nSPS) is 37.5. The van der Waals surface area contributed by atoms with E-state index in [0.29, 0.717) is 6.92 Å². The van der Waals surface area contributed by atoms with Crippen LogP contribution in [0.2, 0.25) is 0 Å². The van der Waals surface area contributed by atoms with Crippen molar-refractivity contribution < 1.29 is 18.6 Å². The van der Waals surface area contributed by atoms with Crippen LogP contribution in [0.3, 0.4) is 0 Å². The lowest BCUT2D eigenvalue weighted by Gasteiger charge is -2.02. The average molecular weight is 124 g/mol. The molecule has 0 aromatic carbocycles. The number of halogens is 2. The standard InChI is InChI=1S/C4H6F2O2/c1-4(5,6)2-3(7)8-2/h2-3,7H,1H3. The van der Waals surface area contributed by atoms with Gasteiger partial charge in [0.25, 0.3) is 5.92 Å². The lowest BCUT2D eigenvalue weighted by atomic mass is 10.3. The van der Waals surface area contributed by atoms with Crippen molar-refractivity contribution in [3.63, 3.8) is 0 Å². The second-order valence-corrected chi connectivity index (χ2v) is 1.90. The van der Waals surface area contributed by atoms with Crippen LogP contribution in [0.5, 0.6) is 0 Å². The topological polar surface area (TPSA) is 32.8 Å². The van der Waals surface area contributed by atoms with Gasteiger partial charge in [0.15, 0.2) is 12.4 Å². The van der Waals surface area contributed by atoms with E-state index in [0.717, 1.165) is 0 Å². The molecule has 0 aliphatic carbocycles. The SMILES string of the molecule is CC(F)(F)C1OC1O. The number of alkyl halides is 2. The average Bonchev–Trinajstić information content (AvgIpc) is 2.13. The van der Waals surface area contributed by atoms with Crippen molar-refractivity contribution in [2.24, 2.45) is 0 Å². The highest BCUT2D eigenvalue weighted by Crippen LogP contribution is 2.34. The molecule has 2 unspecified atom stereocenters. The molecule has 1 N–H and O–H groups in total. The van der Waals surface area contributed by atoms with Gasteiger partial charge < -0.3 is 9.84 Å². The molecule has 48 valence electrons. The molecule has 1 rings (SSSR count). The first kappa shape index (κ1) is 5.91. The van der Waals surface area contributed by atoms with Crippen molar-refractivity contribution in [2.75, 3.05) is 0 Å². The molecule has 0 spiro atoms. The van der Waals surface area contributed by atoms with Crippen LogP contribution in [0.1, 0.15) is 6.92 Å². The number of ether oxygens (including phenoxy) is 1. The van der Waals surface area contributed by atoms with Gasteiger partial charge in [0, 0.05) is 6.92 Å². The number of epoxide rings is 1. The van der Waals surface area contributed by atoms with Crippen LogP contribution < -0.4 is 0 Å². The zero-order valence-electron chi connectivity index (χ0n) is 4.27. The quantitative estimate of drug-likeness (QED) is 0.512. The highest BCUT2D eigenvalue weighted by Gasteiger charge is 2.53. The van der Waals surface area contributed by atoms with E-state index in [9.17, 15) is 8.78 Å². The first-order valence-electron chi connectivity index (χ1n) is 2.23. The molecule has 2 nitrogen and oxygen atoms in total. The van der Waals surface area contributed by atoms with Gasteiger partial charge in [-0.25, -0.2) is 8.78 Å². The summed E-state index contributed by atoms with van der Waals surface area (Å²) in [5.41, 5.74) is 0.